The van der Waals surface area contributed by atoms with Crippen molar-refractivity contribution in [2.24, 2.45) is 0 Å². The maximum Gasteiger partial charge on any atom is 0.335 e. The molecule has 0 heterocycles. The van der Waals surface area contributed by atoms with E-state index in [2.05, 4.69) is 4.72 Å². The van der Waals surface area contributed by atoms with Crippen LogP contribution >= 0.6 is 0 Å². The minimum absolute atomic E-state index is 0.0180. The van der Waals surface area contributed by atoms with E-state index in [-0.39, 0.29) is 16.1 Å². The van der Waals surface area contributed by atoms with Gasteiger partial charge in [0, 0.05) is 0 Å². The quantitative estimate of drug-likeness (QED) is 0.909. The van der Waals surface area contributed by atoms with Gasteiger partial charge in [-0.1, -0.05) is 0 Å². The third-order valence-electron chi connectivity index (χ3n) is 2.71. The molecule has 2 aromatic carbocycles. The molecular weight excluding hydrogens is 297 g/mol. The number of carboxylic acid groups (broad SMARTS) is 1. The van der Waals surface area contributed by atoms with Crippen LogP contribution < -0.4 is 4.72 Å². The second kappa shape index (κ2) is 5.53. The number of aryl methyl sites for hydroxylation is 1. The summed E-state index contributed by atoms with van der Waals surface area (Å²) in [6, 6.07) is 8.57. The van der Waals surface area contributed by atoms with Gasteiger partial charge in [-0.3, -0.25) is 4.72 Å². The van der Waals surface area contributed by atoms with Crippen LogP contribution in [0.15, 0.2) is 47.4 Å². The number of hydrogen-bond acceptors (Lipinski definition) is 3. The zero-order valence-electron chi connectivity index (χ0n) is 11.0. The molecule has 0 atom stereocenters. The molecule has 0 saturated heterocycles. The first kappa shape index (κ1) is 15.0. The molecule has 0 unspecified atom stereocenters. The standard InChI is InChI=1S/C14H12FNO4S/c1-9-6-11(15)8-12(7-9)16-21(19,20)13-4-2-10(3-5-13)14(17)18/h2-8,16H,1H3,(H,17,18). The molecule has 0 saturated carbocycles. The summed E-state index contributed by atoms with van der Waals surface area (Å²) in [5.41, 5.74) is 0.666. The minimum Gasteiger partial charge on any atom is -0.478 e. The molecule has 110 valence electrons. The van der Waals surface area contributed by atoms with Gasteiger partial charge in [0.1, 0.15) is 5.82 Å². The van der Waals surface area contributed by atoms with Crippen LogP contribution in [0.1, 0.15) is 15.9 Å². The molecule has 2 rings (SSSR count). The van der Waals surface area contributed by atoms with Gasteiger partial charge < -0.3 is 5.11 Å². The first-order chi connectivity index (χ1) is 9.78. The number of aromatic carboxylic acids is 1. The van der Waals surface area contributed by atoms with Crippen molar-refractivity contribution in [3.8, 4) is 0 Å². The summed E-state index contributed by atoms with van der Waals surface area (Å²) in [4.78, 5) is 10.6. The van der Waals surface area contributed by atoms with Crippen LogP contribution in [-0.2, 0) is 10.0 Å². The topological polar surface area (TPSA) is 83.5 Å². The Morgan fingerprint density at radius 1 is 1.14 bits per heavy atom. The second-order valence-electron chi connectivity index (χ2n) is 4.45. The SMILES string of the molecule is Cc1cc(F)cc(NS(=O)(=O)c2ccc(C(=O)O)cc2)c1. The predicted octanol–water partition coefficient (Wildman–Crippen LogP) is 2.63. The maximum absolute atomic E-state index is 13.2. The summed E-state index contributed by atoms with van der Waals surface area (Å²) in [6.45, 7) is 1.64. The Balaban J connectivity index is 2.31. The summed E-state index contributed by atoms with van der Waals surface area (Å²) < 4.78 is 39.7. The monoisotopic (exact) mass is 309 g/mol. The summed E-state index contributed by atoms with van der Waals surface area (Å²) in [5, 5.41) is 8.77. The van der Waals surface area contributed by atoms with Crippen molar-refractivity contribution in [2.45, 2.75) is 11.8 Å². The normalized spacial score (nSPS) is 11.1. The number of sulfonamides is 1. The number of nitrogens with one attached hydrogen (secondary N) is 1. The van der Waals surface area contributed by atoms with Crippen LogP contribution in [0.5, 0.6) is 0 Å². The van der Waals surface area contributed by atoms with Gasteiger partial charge >= 0.3 is 5.97 Å². The Hall–Kier alpha value is -2.41. The van der Waals surface area contributed by atoms with Crippen molar-refractivity contribution in [3.63, 3.8) is 0 Å². The molecule has 2 aromatic rings. The lowest BCUT2D eigenvalue weighted by Gasteiger charge is -2.09. The number of anilines is 1. The summed E-state index contributed by atoms with van der Waals surface area (Å²) >= 11 is 0. The lowest BCUT2D eigenvalue weighted by molar-refractivity contribution is 0.0696. The molecular formula is C14H12FNO4S. The molecule has 0 bridgehead atoms. The molecule has 0 aliphatic heterocycles. The summed E-state index contributed by atoms with van der Waals surface area (Å²) in [5.74, 6) is -1.69. The van der Waals surface area contributed by atoms with E-state index in [0.717, 1.165) is 6.07 Å². The van der Waals surface area contributed by atoms with Crippen molar-refractivity contribution in [1.29, 1.82) is 0 Å². The lowest BCUT2D eigenvalue weighted by atomic mass is 10.2. The van der Waals surface area contributed by atoms with Crippen LogP contribution in [0.3, 0.4) is 0 Å². The van der Waals surface area contributed by atoms with Gasteiger partial charge in [0.2, 0.25) is 0 Å². The fraction of sp³-hybridized carbons (Fsp3) is 0.0714. The zero-order chi connectivity index (χ0) is 15.6. The third-order valence-corrected chi connectivity index (χ3v) is 4.10. The Morgan fingerprint density at radius 3 is 2.29 bits per heavy atom. The van der Waals surface area contributed by atoms with Crippen molar-refractivity contribution < 1.29 is 22.7 Å². The fourth-order valence-electron chi connectivity index (χ4n) is 1.79. The number of hydrogen-bond donors (Lipinski definition) is 2. The molecule has 0 spiro atoms. The van der Waals surface area contributed by atoms with E-state index in [4.69, 9.17) is 5.11 Å². The Kier molecular flexibility index (Phi) is 3.95. The van der Waals surface area contributed by atoms with Gasteiger partial charge in [0.15, 0.2) is 0 Å². The number of benzene rings is 2. The molecule has 2 N–H and O–H groups in total. The predicted molar refractivity (Wildman–Crippen MR) is 75.3 cm³/mol. The van der Waals surface area contributed by atoms with E-state index in [1.165, 1.54) is 36.4 Å². The molecule has 0 radical (unpaired) electrons. The van der Waals surface area contributed by atoms with Gasteiger partial charge in [-0.2, -0.15) is 0 Å². The molecule has 21 heavy (non-hydrogen) atoms. The summed E-state index contributed by atoms with van der Waals surface area (Å²) in [6.07, 6.45) is 0. The van der Waals surface area contributed by atoms with E-state index < -0.39 is 21.8 Å². The number of rotatable bonds is 4. The van der Waals surface area contributed by atoms with Gasteiger partial charge in [-0.05, 0) is 55.0 Å². The van der Waals surface area contributed by atoms with Crippen LogP contribution in [0.4, 0.5) is 10.1 Å². The highest BCUT2D eigenvalue weighted by molar-refractivity contribution is 7.92. The smallest absolute Gasteiger partial charge is 0.335 e. The van der Waals surface area contributed by atoms with E-state index in [9.17, 15) is 17.6 Å². The van der Waals surface area contributed by atoms with Crippen LogP contribution in [0.25, 0.3) is 0 Å². The molecule has 0 aliphatic carbocycles. The highest BCUT2D eigenvalue weighted by Gasteiger charge is 2.15. The first-order valence-electron chi connectivity index (χ1n) is 5.91. The van der Waals surface area contributed by atoms with E-state index >= 15 is 0 Å². The van der Waals surface area contributed by atoms with Crippen molar-refractivity contribution in [3.05, 3.63) is 59.4 Å². The van der Waals surface area contributed by atoms with Gasteiger partial charge in [0.25, 0.3) is 10.0 Å². The highest BCUT2D eigenvalue weighted by Crippen LogP contribution is 2.19. The van der Waals surface area contributed by atoms with Gasteiger partial charge in [-0.15, -0.1) is 0 Å². The van der Waals surface area contributed by atoms with Crippen molar-refractivity contribution in [2.75, 3.05) is 4.72 Å². The Morgan fingerprint density at radius 2 is 1.76 bits per heavy atom. The second-order valence-corrected chi connectivity index (χ2v) is 6.13. The molecule has 0 amide bonds. The van der Waals surface area contributed by atoms with E-state index in [1.54, 1.807) is 6.92 Å². The first-order valence-corrected chi connectivity index (χ1v) is 7.39. The Labute approximate surface area is 121 Å². The molecule has 0 aliphatic rings. The summed E-state index contributed by atoms with van der Waals surface area (Å²) in [7, 11) is -3.90. The number of carboxylic acids is 1. The highest BCUT2D eigenvalue weighted by atomic mass is 32.2. The third kappa shape index (κ3) is 3.57. The molecule has 5 nitrogen and oxygen atoms in total. The van der Waals surface area contributed by atoms with Crippen LogP contribution in [0.2, 0.25) is 0 Å². The fourth-order valence-corrected chi connectivity index (χ4v) is 2.83. The van der Waals surface area contributed by atoms with Crippen molar-refractivity contribution in [1.82, 2.24) is 0 Å². The van der Waals surface area contributed by atoms with E-state index in [1.807, 2.05) is 0 Å². The van der Waals surface area contributed by atoms with E-state index in [0.29, 0.717) is 5.56 Å². The van der Waals surface area contributed by atoms with Crippen LogP contribution in [-0.4, -0.2) is 19.5 Å². The maximum atomic E-state index is 13.2. The van der Waals surface area contributed by atoms with Crippen molar-refractivity contribution >= 4 is 21.7 Å². The lowest BCUT2D eigenvalue weighted by Crippen LogP contribution is -2.13. The molecule has 7 heteroatoms. The Bertz CT molecular complexity index is 765. The number of halogens is 1. The van der Waals surface area contributed by atoms with Crippen LogP contribution in [0, 0.1) is 12.7 Å². The van der Waals surface area contributed by atoms with Gasteiger partial charge in [0.05, 0.1) is 16.1 Å². The number of carbonyl (C=O) groups is 1. The largest absolute Gasteiger partial charge is 0.478 e. The average molecular weight is 309 g/mol. The molecule has 0 aromatic heterocycles. The molecule has 0 fully saturated rings. The zero-order valence-corrected chi connectivity index (χ0v) is 11.8. The minimum atomic E-state index is -3.90. The van der Waals surface area contributed by atoms with Gasteiger partial charge in [-0.25, -0.2) is 17.6 Å². The average Bonchev–Trinajstić information content (AvgIpc) is 2.37.